The average molecular weight is 270 g/mol. The maximum Gasteiger partial charge on any atom is 0.321 e. The van der Waals surface area contributed by atoms with Crippen molar-refractivity contribution in [1.82, 2.24) is 10.6 Å². The molecular formula is C6H11IN2O2. The molecule has 3 amide bonds. The molecule has 0 aromatic heterocycles. The van der Waals surface area contributed by atoms with Gasteiger partial charge in [0.25, 0.3) is 0 Å². The van der Waals surface area contributed by atoms with Crippen molar-refractivity contribution in [3.63, 3.8) is 0 Å². The van der Waals surface area contributed by atoms with Crippen molar-refractivity contribution >= 4 is 34.5 Å². The maximum atomic E-state index is 10.8. The van der Waals surface area contributed by atoms with Crippen molar-refractivity contribution in [1.29, 1.82) is 0 Å². The van der Waals surface area contributed by atoms with Crippen LogP contribution in [0.3, 0.4) is 0 Å². The van der Waals surface area contributed by atoms with Crippen LogP contribution in [0.4, 0.5) is 4.79 Å². The van der Waals surface area contributed by atoms with Crippen LogP contribution in [-0.2, 0) is 4.79 Å². The van der Waals surface area contributed by atoms with Gasteiger partial charge in [-0.15, -0.1) is 0 Å². The van der Waals surface area contributed by atoms with Gasteiger partial charge in [-0.3, -0.25) is 10.1 Å². The molecule has 0 aromatic rings. The Kier molecular flexibility index (Phi) is 5.18. The third-order valence-corrected chi connectivity index (χ3v) is 1.49. The molecule has 0 fully saturated rings. The van der Waals surface area contributed by atoms with Crippen molar-refractivity contribution in [2.45, 2.75) is 19.9 Å². The molecule has 2 N–H and O–H groups in total. The number of carbonyl (C=O) groups excluding carboxylic acids is 2. The molecule has 0 aromatic carbocycles. The summed E-state index contributed by atoms with van der Waals surface area (Å²) in [6.07, 6.45) is 0. The molecule has 0 saturated carbocycles. The number of carbonyl (C=O) groups is 2. The van der Waals surface area contributed by atoms with E-state index in [9.17, 15) is 9.59 Å². The van der Waals surface area contributed by atoms with Gasteiger partial charge in [-0.25, -0.2) is 4.79 Å². The fourth-order valence-corrected chi connectivity index (χ4v) is 0.649. The predicted molar refractivity (Wildman–Crippen MR) is 50.7 cm³/mol. The minimum atomic E-state index is -0.429. The van der Waals surface area contributed by atoms with Gasteiger partial charge in [0.05, 0.1) is 4.43 Å². The highest BCUT2D eigenvalue weighted by Gasteiger charge is 2.05. The van der Waals surface area contributed by atoms with Gasteiger partial charge in [0.15, 0.2) is 0 Å². The highest BCUT2D eigenvalue weighted by molar-refractivity contribution is 14.1. The van der Waals surface area contributed by atoms with E-state index >= 15 is 0 Å². The van der Waals surface area contributed by atoms with Crippen LogP contribution < -0.4 is 10.6 Å². The van der Waals surface area contributed by atoms with E-state index in [0.717, 1.165) is 0 Å². The van der Waals surface area contributed by atoms with Crippen LogP contribution >= 0.6 is 22.6 Å². The zero-order valence-corrected chi connectivity index (χ0v) is 8.64. The molecule has 0 aliphatic rings. The molecule has 5 heteroatoms. The van der Waals surface area contributed by atoms with Crippen LogP contribution in [-0.4, -0.2) is 22.4 Å². The average Bonchev–Trinajstić information content (AvgIpc) is 1.85. The summed E-state index contributed by atoms with van der Waals surface area (Å²) in [5.41, 5.74) is 0. The van der Waals surface area contributed by atoms with Crippen LogP contribution in [0.15, 0.2) is 0 Å². The Labute approximate surface area is 79.2 Å². The first-order chi connectivity index (χ1) is 5.06. The van der Waals surface area contributed by atoms with E-state index in [4.69, 9.17) is 0 Å². The van der Waals surface area contributed by atoms with Crippen LogP contribution in [0.25, 0.3) is 0 Å². The third kappa shape index (κ3) is 6.08. The van der Waals surface area contributed by atoms with Crippen LogP contribution in [0.2, 0.25) is 0 Å². The molecule has 0 bridgehead atoms. The Bertz CT molecular complexity index is 159. The summed E-state index contributed by atoms with van der Waals surface area (Å²) in [6, 6.07) is -0.376. The molecule has 11 heavy (non-hydrogen) atoms. The quantitative estimate of drug-likeness (QED) is 0.572. The van der Waals surface area contributed by atoms with Gasteiger partial charge in [0.2, 0.25) is 5.91 Å². The molecule has 0 unspecified atom stereocenters. The molecule has 0 spiro atoms. The van der Waals surface area contributed by atoms with E-state index < -0.39 is 6.03 Å². The fraction of sp³-hybridized carbons (Fsp3) is 0.667. The fourth-order valence-electron chi connectivity index (χ4n) is 0.458. The second-order valence-electron chi connectivity index (χ2n) is 2.31. The molecule has 0 aliphatic carbocycles. The summed E-state index contributed by atoms with van der Waals surface area (Å²) >= 11 is 1.89. The van der Waals surface area contributed by atoms with E-state index in [-0.39, 0.29) is 11.9 Å². The summed E-state index contributed by atoms with van der Waals surface area (Å²) in [4.78, 5) is 21.4. The predicted octanol–water partition coefficient (Wildman–Crippen LogP) is 0.656. The smallest absolute Gasteiger partial charge is 0.321 e. The Hall–Kier alpha value is -0.330. The van der Waals surface area contributed by atoms with Gasteiger partial charge >= 0.3 is 6.03 Å². The standard InChI is InChI=1S/C6H11IN2O2/c1-4(2)8-6(11)9-5(10)3-7/h4H,3H2,1-2H3,(H2,8,9,10,11). The van der Waals surface area contributed by atoms with Crippen molar-refractivity contribution in [2.75, 3.05) is 4.43 Å². The zero-order chi connectivity index (χ0) is 8.85. The van der Waals surface area contributed by atoms with E-state index in [1.54, 1.807) is 0 Å². The van der Waals surface area contributed by atoms with Gasteiger partial charge in [-0.1, -0.05) is 22.6 Å². The Morgan fingerprint density at radius 2 is 2.00 bits per heavy atom. The Balaban J connectivity index is 3.61. The van der Waals surface area contributed by atoms with Gasteiger partial charge in [-0.05, 0) is 13.8 Å². The monoisotopic (exact) mass is 270 g/mol. The maximum absolute atomic E-state index is 10.8. The summed E-state index contributed by atoms with van der Waals surface area (Å²) < 4.78 is 0.295. The molecule has 0 aliphatic heterocycles. The van der Waals surface area contributed by atoms with Crippen LogP contribution in [0.5, 0.6) is 0 Å². The minimum Gasteiger partial charge on any atom is -0.336 e. The number of hydrogen-bond donors (Lipinski definition) is 2. The van der Waals surface area contributed by atoms with Gasteiger partial charge in [-0.2, -0.15) is 0 Å². The normalized spacial score (nSPS) is 9.45. The summed E-state index contributed by atoms with van der Waals surface area (Å²) in [5.74, 6) is -0.274. The number of amides is 3. The van der Waals surface area contributed by atoms with Crippen molar-refractivity contribution in [2.24, 2.45) is 0 Å². The molecular weight excluding hydrogens is 259 g/mol. The number of rotatable bonds is 2. The highest BCUT2D eigenvalue weighted by atomic mass is 127. The first-order valence-electron chi connectivity index (χ1n) is 3.22. The van der Waals surface area contributed by atoms with E-state index in [0.29, 0.717) is 4.43 Å². The number of alkyl halides is 1. The summed E-state index contributed by atoms with van der Waals surface area (Å²) in [5, 5.41) is 4.70. The van der Waals surface area contributed by atoms with E-state index in [1.807, 2.05) is 36.4 Å². The number of nitrogens with one attached hydrogen (secondary N) is 2. The highest BCUT2D eigenvalue weighted by Crippen LogP contribution is 1.81. The molecule has 0 saturated heterocycles. The largest absolute Gasteiger partial charge is 0.336 e. The van der Waals surface area contributed by atoms with E-state index in [1.165, 1.54) is 0 Å². The number of hydrogen-bond acceptors (Lipinski definition) is 2. The van der Waals surface area contributed by atoms with Crippen LogP contribution in [0.1, 0.15) is 13.8 Å². The lowest BCUT2D eigenvalue weighted by Gasteiger charge is -2.07. The Morgan fingerprint density at radius 3 is 2.36 bits per heavy atom. The van der Waals surface area contributed by atoms with Gasteiger partial charge in [0.1, 0.15) is 0 Å². The lowest BCUT2D eigenvalue weighted by atomic mass is 10.4. The van der Waals surface area contributed by atoms with Gasteiger partial charge < -0.3 is 5.32 Å². The molecule has 4 nitrogen and oxygen atoms in total. The molecule has 0 radical (unpaired) electrons. The first kappa shape index (κ1) is 10.7. The van der Waals surface area contributed by atoms with Crippen molar-refractivity contribution in [3.8, 4) is 0 Å². The van der Waals surface area contributed by atoms with E-state index in [2.05, 4.69) is 10.6 Å². The van der Waals surface area contributed by atoms with Crippen LogP contribution in [0, 0.1) is 0 Å². The van der Waals surface area contributed by atoms with Crippen molar-refractivity contribution in [3.05, 3.63) is 0 Å². The SMILES string of the molecule is CC(C)NC(=O)NC(=O)CI. The Morgan fingerprint density at radius 1 is 1.45 bits per heavy atom. The number of imide groups is 1. The van der Waals surface area contributed by atoms with Crippen molar-refractivity contribution < 1.29 is 9.59 Å². The zero-order valence-electron chi connectivity index (χ0n) is 6.48. The molecule has 64 valence electrons. The molecule has 0 atom stereocenters. The first-order valence-corrected chi connectivity index (χ1v) is 4.75. The minimum absolute atomic E-state index is 0.0528. The third-order valence-electron chi connectivity index (χ3n) is 0.794. The lowest BCUT2D eigenvalue weighted by Crippen LogP contribution is -2.42. The topological polar surface area (TPSA) is 58.2 Å². The second kappa shape index (κ2) is 5.34. The van der Waals surface area contributed by atoms with Gasteiger partial charge in [0, 0.05) is 6.04 Å². The molecule has 0 heterocycles. The summed E-state index contributed by atoms with van der Waals surface area (Å²) in [7, 11) is 0. The number of halogens is 1. The molecule has 0 rings (SSSR count). The second-order valence-corrected chi connectivity index (χ2v) is 3.07. The number of urea groups is 1. The lowest BCUT2D eigenvalue weighted by molar-refractivity contribution is -0.117. The summed E-state index contributed by atoms with van der Waals surface area (Å²) in [6.45, 7) is 3.65.